The minimum atomic E-state index is -0.194. The lowest BCUT2D eigenvalue weighted by molar-refractivity contribution is -0.121. The standard InChI is InChI=1S/C10H13N5O/c1-15-7-3-2-6-12-10(7)13-8(15)4-5-9(16)14-11/h2-3,6H,4-5,11H2,1H3,(H,14,16). The van der Waals surface area contributed by atoms with Crippen LogP contribution in [0.4, 0.5) is 0 Å². The van der Waals surface area contributed by atoms with E-state index in [-0.39, 0.29) is 5.91 Å². The fourth-order valence-corrected chi connectivity index (χ4v) is 1.59. The number of imidazole rings is 1. The van der Waals surface area contributed by atoms with Crippen LogP contribution in [0.2, 0.25) is 0 Å². The zero-order chi connectivity index (χ0) is 11.5. The van der Waals surface area contributed by atoms with Gasteiger partial charge in [-0.3, -0.25) is 10.2 Å². The minimum Gasteiger partial charge on any atom is -0.330 e. The number of nitrogens with two attached hydrogens (primary N) is 1. The Bertz CT molecular complexity index is 519. The van der Waals surface area contributed by atoms with Gasteiger partial charge in [0.2, 0.25) is 5.91 Å². The van der Waals surface area contributed by atoms with Gasteiger partial charge in [-0.1, -0.05) is 0 Å². The normalized spacial score (nSPS) is 10.6. The summed E-state index contributed by atoms with van der Waals surface area (Å²) in [6.07, 6.45) is 2.58. The fourth-order valence-electron chi connectivity index (χ4n) is 1.59. The summed E-state index contributed by atoms with van der Waals surface area (Å²) in [4.78, 5) is 19.5. The van der Waals surface area contributed by atoms with Crippen LogP contribution < -0.4 is 11.3 Å². The molecular weight excluding hydrogens is 206 g/mol. The van der Waals surface area contributed by atoms with Gasteiger partial charge in [0, 0.05) is 26.1 Å². The molecule has 6 heteroatoms. The van der Waals surface area contributed by atoms with Crippen molar-refractivity contribution in [2.45, 2.75) is 12.8 Å². The van der Waals surface area contributed by atoms with Crippen LogP contribution in [0.25, 0.3) is 11.2 Å². The van der Waals surface area contributed by atoms with Crippen LogP contribution in [-0.2, 0) is 18.3 Å². The van der Waals surface area contributed by atoms with E-state index >= 15 is 0 Å². The van der Waals surface area contributed by atoms with Gasteiger partial charge in [0.25, 0.3) is 0 Å². The molecule has 2 rings (SSSR count). The number of hydrogen-bond acceptors (Lipinski definition) is 4. The third-order valence-electron chi connectivity index (χ3n) is 2.49. The van der Waals surface area contributed by atoms with Gasteiger partial charge in [-0.15, -0.1) is 0 Å². The van der Waals surface area contributed by atoms with Crippen molar-refractivity contribution in [2.24, 2.45) is 12.9 Å². The van der Waals surface area contributed by atoms with Gasteiger partial charge in [0.05, 0.1) is 5.52 Å². The highest BCUT2D eigenvalue weighted by atomic mass is 16.2. The van der Waals surface area contributed by atoms with Crippen molar-refractivity contribution in [2.75, 3.05) is 0 Å². The quantitative estimate of drug-likeness (QED) is 0.428. The number of hydrogen-bond donors (Lipinski definition) is 2. The number of nitrogens with zero attached hydrogens (tertiary/aromatic N) is 3. The average molecular weight is 219 g/mol. The van der Waals surface area contributed by atoms with Crippen LogP contribution in [0, 0.1) is 0 Å². The molecule has 0 atom stereocenters. The molecule has 0 aliphatic carbocycles. The second kappa shape index (κ2) is 4.28. The Morgan fingerprint density at radius 1 is 1.62 bits per heavy atom. The Labute approximate surface area is 92.5 Å². The maximum absolute atomic E-state index is 11.0. The van der Waals surface area contributed by atoms with Crippen molar-refractivity contribution in [1.29, 1.82) is 0 Å². The first-order chi connectivity index (χ1) is 7.72. The van der Waals surface area contributed by atoms with Crippen LogP contribution >= 0.6 is 0 Å². The lowest BCUT2D eigenvalue weighted by Gasteiger charge is -2.01. The van der Waals surface area contributed by atoms with Gasteiger partial charge in [-0.05, 0) is 12.1 Å². The summed E-state index contributed by atoms with van der Waals surface area (Å²) >= 11 is 0. The number of amides is 1. The number of pyridine rings is 1. The molecule has 0 radical (unpaired) electrons. The summed E-state index contributed by atoms with van der Waals surface area (Å²) in [5, 5.41) is 0. The first kappa shape index (κ1) is 10.6. The predicted molar refractivity (Wildman–Crippen MR) is 59.2 cm³/mol. The van der Waals surface area contributed by atoms with E-state index in [0.717, 1.165) is 11.3 Å². The maximum atomic E-state index is 11.0. The van der Waals surface area contributed by atoms with Gasteiger partial charge < -0.3 is 4.57 Å². The molecular formula is C10H13N5O. The van der Waals surface area contributed by atoms with Crippen LogP contribution in [0.5, 0.6) is 0 Å². The number of aromatic nitrogens is 3. The molecule has 16 heavy (non-hydrogen) atoms. The molecule has 2 aromatic rings. The Morgan fingerprint density at radius 3 is 3.12 bits per heavy atom. The van der Waals surface area contributed by atoms with E-state index in [2.05, 4.69) is 15.4 Å². The first-order valence-electron chi connectivity index (χ1n) is 4.98. The highest BCUT2D eigenvalue weighted by molar-refractivity contribution is 5.75. The minimum absolute atomic E-state index is 0.194. The monoisotopic (exact) mass is 219 g/mol. The van der Waals surface area contributed by atoms with Crippen LogP contribution in [0.15, 0.2) is 18.3 Å². The lowest BCUT2D eigenvalue weighted by Crippen LogP contribution is -2.30. The van der Waals surface area contributed by atoms with Gasteiger partial charge in [0.15, 0.2) is 5.65 Å². The number of aryl methyl sites for hydroxylation is 2. The van der Waals surface area contributed by atoms with Crippen LogP contribution in [0.3, 0.4) is 0 Å². The molecule has 0 fully saturated rings. The molecule has 0 aromatic carbocycles. The van der Waals surface area contributed by atoms with E-state index in [1.807, 2.05) is 23.7 Å². The Hall–Kier alpha value is -1.95. The van der Waals surface area contributed by atoms with Crippen molar-refractivity contribution < 1.29 is 4.79 Å². The summed E-state index contributed by atoms with van der Waals surface area (Å²) < 4.78 is 1.94. The van der Waals surface area contributed by atoms with Gasteiger partial charge in [-0.2, -0.15) is 0 Å². The van der Waals surface area contributed by atoms with E-state index in [1.54, 1.807) is 6.20 Å². The number of carbonyl (C=O) groups excluding carboxylic acids is 1. The first-order valence-corrected chi connectivity index (χ1v) is 4.98. The number of carbonyl (C=O) groups is 1. The molecule has 0 saturated carbocycles. The molecule has 0 aliphatic heterocycles. The van der Waals surface area contributed by atoms with E-state index in [9.17, 15) is 4.79 Å². The van der Waals surface area contributed by atoms with Crippen LogP contribution in [-0.4, -0.2) is 20.4 Å². The summed E-state index contributed by atoms with van der Waals surface area (Å²) in [5.41, 5.74) is 3.76. The van der Waals surface area contributed by atoms with Crippen molar-refractivity contribution >= 4 is 17.1 Å². The zero-order valence-electron chi connectivity index (χ0n) is 8.97. The highest BCUT2D eigenvalue weighted by Gasteiger charge is 2.09. The summed E-state index contributed by atoms with van der Waals surface area (Å²) in [5.74, 6) is 5.65. The number of nitrogens with one attached hydrogen (secondary N) is 1. The molecule has 2 heterocycles. The second-order valence-corrected chi connectivity index (χ2v) is 3.50. The van der Waals surface area contributed by atoms with E-state index in [1.165, 1.54) is 0 Å². The topological polar surface area (TPSA) is 85.8 Å². The number of hydrazine groups is 1. The maximum Gasteiger partial charge on any atom is 0.234 e. The van der Waals surface area contributed by atoms with Gasteiger partial charge in [-0.25, -0.2) is 15.8 Å². The third kappa shape index (κ3) is 1.87. The zero-order valence-corrected chi connectivity index (χ0v) is 8.97. The summed E-state index contributed by atoms with van der Waals surface area (Å²) in [7, 11) is 1.91. The summed E-state index contributed by atoms with van der Waals surface area (Å²) in [6.45, 7) is 0. The molecule has 0 unspecified atom stereocenters. The van der Waals surface area contributed by atoms with E-state index in [0.29, 0.717) is 18.5 Å². The smallest absolute Gasteiger partial charge is 0.234 e. The van der Waals surface area contributed by atoms with Gasteiger partial charge >= 0.3 is 0 Å². The van der Waals surface area contributed by atoms with Crippen molar-refractivity contribution in [3.8, 4) is 0 Å². The summed E-state index contributed by atoms with van der Waals surface area (Å²) in [6, 6.07) is 3.81. The van der Waals surface area contributed by atoms with Crippen molar-refractivity contribution in [3.63, 3.8) is 0 Å². The molecule has 0 spiro atoms. The van der Waals surface area contributed by atoms with Crippen LogP contribution in [0.1, 0.15) is 12.2 Å². The highest BCUT2D eigenvalue weighted by Crippen LogP contribution is 2.12. The van der Waals surface area contributed by atoms with Gasteiger partial charge in [0.1, 0.15) is 5.82 Å². The molecule has 3 N–H and O–H groups in total. The Morgan fingerprint density at radius 2 is 2.44 bits per heavy atom. The Kier molecular flexibility index (Phi) is 2.82. The van der Waals surface area contributed by atoms with Crippen molar-refractivity contribution in [3.05, 3.63) is 24.2 Å². The molecule has 0 aliphatic rings. The largest absolute Gasteiger partial charge is 0.330 e. The molecule has 1 amide bonds. The SMILES string of the molecule is Cn1c(CCC(=O)NN)nc2ncccc21. The fraction of sp³-hybridized carbons (Fsp3) is 0.300. The average Bonchev–Trinajstić information content (AvgIpc) is 2.64. The molecule has 84 valence electrons. The Balaban J connectivity index is 2.24. The number of fused-ring (bicyclic) bond motifs is 1. The van der Waals surface area contributed by atoms with E-state index in [4.69, 9.17) is 5.84 Å². The molecule has 0 saturated heterocycles. The van der Waals surface area contributed by atoms with E-state index < -0.39 is 0 Å². The third-order valence-corrected chi connectivity index (χ3v) is 2.49. The second-order valence-electron chi connectivity index (χ2n) is 3.50. The van der Waals surface area contributed by atoms with Crippen molar-refractivity contribution in [1.82, 2.24) is 20.0 Å². The molecule has 0 bridgehead atoms. The molecule has 6 nitrogen and oxygen atoms in total. The lowest BCUT2D eigenvalue weighted by atomic mass is 10.3. The number of rotatable bonds is 3. The predicted octanol–water partition coefficient (Wildman–Crippen LogP) is -0.109. The molecule has 2 aromatic heterocycles.